The van der Waals surface area contributed by atoms with E-state index in [1.165, 1.54) is 10.1 Å². The highest BCUT2D eigenvalue weighted by atomic mass is 32.2. The van der Waals surface area contributed by atoms with Crippen LogP contribution in [0.25, 0.3) is 11.3 Å². The third-order valence-corrected chi connectivity index (χ3v) is 8.72. The zero-order chi connectivity index (χ0) is 29.1. The maximum absolute atomic E-state index is 13.0. The first-order chi connectivity index (χ1) is 19.7. The van der Waals surface area contributed by atoms with Crippen molar-refractivity contribution in [3.63, 3.8) is 0 Å². The smallest absolute Gasteiger partial charge is 0.293 e. The molecule has 1 aliphatic heterocycles. The molecule has 1 aliphatic rings. The summed E-state index contributed by atoms with van der Waals surface area (Å²) in [4.78, 5) is 32.9. The number of hydrogen-bond acceptors (Lipinski definition) is 6. The number of aryl methyl sites for hydroxylation is 1. The first kappa shape index (κ1) is 28.4. The van der Waals surface area contributed by atoms with Crippen LogP contribution in [0.3, 0.4) is 0 Å². The molecule has 0 aliphatic carbocycles. The maximum Gasteiger partial charge on any atom is 0.293 e. The Morgan fingerprint density at radius 1 is 1.00 bits per heavy atom. The number of carbonyl (C=O) groups is 1. The summed E-state index contributed by atoms with van der Waals surface area (Å²) in [6, 6.07) is 21.2. The molecule has 2 heterocycles. The molecule has 4 aromatic rings. The van der Waals surface area contributed by atoms with E-state index in [1.807, 2.05) is 73.7 Å². The largest absolute Gasteiger partial charge is 0.616 e. The van der Waals surface area contributed by atoms with Gasteiger partial charge in [-0.3, -0.25) is 9.59 Å². The molecule has 1 amide bonds. The number of rotatable bonds is 7. The van der Waals surface area contributed by atoms with Crippen LogP contribution in [0, 0.1) is 6.92 Å². The second-order valence-electron chi connectivity index (χ2n) is 10.6. The second-order valence-corrected chi connectivity index (χ2v) is 12.3. The number of nitrogens with zero attached hydrogens (tertiary/aromatic N) is 3. The molecule has 3 aromatic carbocycles. The van der Waals surface area contributed by atoms with Gasteiger partial charge in [-0.05, 0) is 66.4 Å². The molecule has 0 atom stereocenters. The summed E-state index contributed by atoms with van der Waals surface area (Å²) in [6.45, 7) is 7.72. The number of carbonyl (C=O) groups excluding carboxylic acids is 1. The van der Waals surface area contributed by atoms with Crippen molar-refractivity contribution in [2.75, 3.05) is 40.1 Å². The van der Waals surface area contributed by atoms with Crippen molar-refractivity contribution < 1.29 is 9.35 Å². The van der Waals surface area contributed by atoms with Crippen LogP contribution in [0.15, 0.2) is 77.7 Å². The minimum absolute atomic E-state index is 0.183. The van der Waals surface area contributed by atoms with Crippen molar-refractivity contribution >= 4 is 40.0 Å². The molecule has 1 saturated heterocycles. The minimum Gasteiger partial charge on any atom is -0.616 e. The average molecular weight is 570 g/mol. The highest BCUT2D eigenvalue weighted by molar-refractivity contribution is 7.91. The van der Waals surface area contributed by atoms with Gasteiger partial charge in [0.2, 0.25) is 0 Å². The van der Waals surface area contributed by atoms with Gasteiger partial charge in [-0.2, -0.15) is 0 Å². The molecule has 0 unspecified atom stereocenters. The molecule has 5 rings (SSSR count). The van der Waals surface area contributed by atoms with Crippen LogP contribution in [0.5, 0.6) is 0 Å². The van der Waals surface area contributed by atoms with Crippen molar-refractivity contribution in [1.29, 1.82) is 0 Å². The fourth-order valence-corrected chi connectivity index (χ4v) is 5.92. The predicted octanol–water partition coefficient (Wildman–Crippen LogP) is 5.44. The first-order valence-electron chi connectivity index (χ1n) is 13.8. The predicted molar refractivity (Wildman–Crippen MR) is 168 cm³/mol. The van der Waals surface area contributed by atoms with Crippen molar-refractivity contribution in [2.45, 2.75) is 26.7 Å². The summed E-state index contributed by atoms with van der Waals surface area (Å²) in [5.41, 5.74) is 6.30. The molecule has 0 radical (unpaired) electrons. The van der Waals surface area contributed by atoms with Crippen LogP contribution in [0.2, 0.25) is 0 Å². The molecule has 8 nitrogen and oxygen atoms in total. The SMILES string of the molecule is Cc1c(NC(=O)c2ccc(C(C)C)cc2)cccc1-c1cn(C)c(=O)c(Nc2ccc(N3CC[S+]([O-])CC3)cc2)n1. The van der Waals surface area contributed by atoms with Crippen LogP contribution in [0.4, 0.5) is 22.9 Å². The Morgan fingerprint density at radius 3 is 2.34 bits per heavy atom. The quantitative estimate of drug-likeness (QED) is 0.287. The molecule has 9 heteroatoms. The molecule has 2 N–H and O–H groups in total. The Morgan fingerprint density at radius 2 is 1.68 bits per heavy atom. The zero-order valence-corrected chi connectivity index (χ0v) is 24.6. The van der Waals surface area contributed by atoms with Gasteiger partial charge in [0.15, 0.2) is 5.82 Å². The summed E-state index contributed by atoms with van der Waals surface area (Å²) < 4.78 is 13.2. The van der Waals surface area contributed by atoms with Crippen molar-refractivity contribution in [3.8, 4) is 11.3 Å². The highest BCUT2D eigenvalue weighted by Gasteiger charge is 2.20. The Kier molecular flexibility index (Phi) is 8.46. The summed E-state index contributed by atoms with van der Waals surface area (Å²) in [5, 5.41) is 6.21. The van der Waals surface area contributed by atoms with Gasteiger partial charge in [-0.15, -0.1) is 0 Å². The first-order valence-corrected chi connectivity index (χ1v) is 15.2. The lowest BCUT2D eigenvalue weighted by molar-refractivity contribution is 0.102. The number of amides is 1. The topological polar surface area (TPSA) is 102 Å². The molecule has 0 bridgehead atoms. The summed E-state index contributed by atoms with van der Waals surface area (Å²) in [6.07, 6.45) is 1.70. The van der Waals surface area contributed by atoms with Gasteiger partial charge in [0.25, 0.3) is 11.5 Å². The van der Waals surface area contributed by atoms with Gasteiger partial charge in [0, 0.05) is 41.4 Å². The maximum atomic E-state index is 13.0. The van der Waals surface area contributed by atoms with Gasteiger partial charge in [0.05, 0.1) is 18.8 Å². The molecular weight excluding hydrogens is 534 g/mol. The van der Waals surface area contributed by atoms with Gasteiger partial charge in [0.1, 0.15) is 11.5 Å². The third kappa shape index (κ3) is 6.47. The molecule has 0 spiro atoms. The lowest BCUT2D eigenvalue weighted by Crippen LogP contribution is -2.40. The Bertz CT molecular complexity index is 1590. The van der Waals surface area contributed by atoms with E-state index in [4.69, 9.17) is 0 Å². The second kappa shape index (κ2) is 12.2. The van der Waals surface area contributed by atoms with E-state index < -0.39 is 11.2 Å². The standard InChI is InChI=1S/C32H35N5O3S/c1-21(2)23-8-10-24(11-9-23)31(38)35-28-7-5-6-27(22(28)3)29-20-36(4)32(39)30(34-29)33-25-12-14-26(15-13-25)37-16-18-41(40)19-17-37/h5-15,20-21H,16-19H2,1-4H3,(H,33,34)(H,35,38). The van der Waals surface area contributed by atoms with Crippen molar-refractivity contribution in [2.24, 2.45) is 7.05 Å². The Balaban J connectivity index is 1.36. The summed E-state index contributed by atoms with van der Waals surface area (Å²) in [7, 11) is 1.70. The van der Waals surface area contributed by atoms with E-state index in [0.717, 1.165) is 35.6 Å². The van der Waals surface area contributed by atoms with Gasteiger partial charge >= 0.3 is 0 Å². The lowest BCUT2D eigenvalue weighted by Gasteiger charge is -2.30. The molecule has 41 heavy (non-hydrogen) atoms. The summed E-state index contributed by atoms with van der Waals surface area (Å²) in [5.74, 6) is 1.79. The van der Waals surface area contributed by atoms with E-state index >= 15 is 0 Å². The average Bonchev–Trinajstić information content (AvgIpc) is 2.97. The monoisotopic (exact) mass is 569 g/mol. The molecule has 1 aromatic heterocycles. The lowest BCUT2D eigenvalue weighted by atomic mass is 10.0. The molecular formula is C32H35N5O3S. The van der Waals surface area contributed by atoms with Crippen molar-refractivity contribution in [3.05, 3.63) is 100.0 Å². The number of anilines is 4. The zero-order valence-electron chi connectivity index (χ0n) is 23.8. The van der Waals surface area contributed by atoms with Crippen LogP contribution in [0.1, 0.15) is 41.3 Å². The van der Waals surface area contributed by atoms with E-state index in [2.05, 4.69) is 34.4 Å². The Hall–Kier alpha value is -4.08. The van der Waals surface area contributed by atoms with Crippen LogP contribution in [-0.4, -0.2) is 44.6 Å². The van der Waals surface area contributed by atoms with E-state index in [1.54, 1.807) is 13.2 Å². The number of aromatic nitrogens is 2. The van der Waals surface area contributed by atoms with Crippen LogP contribution in [-0.2, 0) is 18.2 Å². The fraction of sp³-hybridized carbons (Fsp3) is 0.281. The molecule has 212 valence electrons. The Labute approximate surface area is 243 Å². The number of benzene rings is 3. The van der Waals surface area contributed by atoms with Crippen molar-refractivity contribution in [1.82, 2.24) is 9.55 Å². The van der Waals surface area contributed by atoms with Gasteiger partial charge in [-0.1, -0.05) is 49.3 Å². The summed E-state index contributed by atoms with van der Waals surface area (Å²) >= 11 is -0.726. The van der Waals surface area contributed by atoms with Crippen LogP contribution < -0.4 is 21.1 Å². The van der Waals surface area contributed by atoms with E-state index in [9.17, 15) is 14.1 Å². The van der Waals surface area contributed by atoms with Gasteiger partial charge < -0.3 is 24.7 Å². The number of hydrogen-bond donors (Lipinski definition) is 2. The van der Waals surface area contributed by atoms with Crippen LogP contribution >= 0.6 is 0 Å². The molecule has 0 saturated carbocycles. The number of nitrogens with one attached hydrogen (secondary N) is 2. The van der Waals surface area contributed by atoms with Gasteiger partial charge in [-0.25, -0.2) is 4.98 Å². The molecule has 1 fully saturated rings. The minimum atomic E-state index is -0.726. The van der Waals surface area contributed by atoms with E-state index in [0.29, 0.717) is 34.4 Å². The highest BCUT2D eigenvalue weighted by Crippen LogP contribution is 2.29. The third-order valence-electron chi connectivity index (χ3n) is 7.44. The van der Waals surface area contributed by atoms with E-state index in [-0.39, 0.29) is 17.3 Å². The normalized spacial score (nSPS) is 13.9. The fourth-order valence-electron chi connectivity index (χ4n) is 4.87.